The maximum atomic E-state index is 12.1. The minimum atomic E-state index is -4.68. The number of aromatic nitrogens is 2. The second-order valence-corrected chi connectivity index (χ2v) is 4.41. The van der Waals surface area contributed by atoms with Gasteiger partial charge in [0.05, 0.1) is 6.04 Å². The van der Waals surface area contributed by atoms with Crippen molar-refractivity contribution in [2.24, 2.45) is 0 Å². The van der Waals surface area contributed by atoms with Crippen LogP contribution >= 0.6 is 0 Å². The number of rotatable bonds is 5. The molecule has 114 valence electrons. The summed E-state index contributed by atoms with van der Waals surface area (Å²) in [6, 6.07) is 5.59. The first-order valence-corrected chi connectivity index (χ1v) is 6.48. The molecule has 2 aromatic rings. The highest BCUT2D eigenvalue weighted by atomic mass is 19.4. The molecule has 0 aliphatic rings. The van der Waals surface area contributed by atoms with E-state index >= 15 is 0 Å². The minimum absolute atomic E-state index is 0.195. The number of halogens is 3. The summed E-state index contributed by atoms with van der Waals surface area (Å²) in [7, 11) is 1.78. The lowest BCUT2D eigenvalue weighted by atomic mass is 10.1. The molecule has 0 saturated heterocycles. The van der Waals surface area contributed by atoms with E-state index in [9.17, 15) is 13.2 Å². The van der Waals surface area contributed by atoms with Gasteiger partial charge in [-0.25, -0.2) is 4.98 Å². The van der Waals surface area contributed by atoms with Gasteiger partial charge in [-0.3, -0.25) is 0 Å². The van der Waals surface area contributed by atoms with E-state index in [0.29, 0.717) is 0 Å². The molecule has 0 aliphatic carbocycles. The van der Waals surface area contributed by atoms with E-state index in [1.165, 1.54) is 12.1 Å². The van der Waals surface area contributed by atoms with Gasteiger partial charge in [-0.1, -0.05) is 12.1 Å². The monoisotopic (exact) mass is 299 g/mol. The molecule has 4 nitrogen and oxygen atoms in total. The number of hydrogen-bond donors (Lipinski definition) is 1. The van der Waals surface area contributed by atoms with Gasteiger partial charge < -0.3 is 14.6 Å². The maximum absolute atomic E-state index is 12.1. The lowest BCUT2D eigenvalue weighted by molar-refractivity contribution is -0.274. The zero-order chi connectivity index (χ0) is 15.5. The SMILES string of the molecule is CCn1ccnc1C(NC)c1ccc(OC(F)(F)F)cc1. The smallest absolute Gasteiger partial charge is 0.406 e. The average Bonchev–Trinajstić information content (AvgIpc) is 2.88. The van der Waals surface area contributed by atoms with Crippen molar-refractivity contribution in [1.82, 2.24) is 14.9 Å². The van der Waals surface area contributed by atoms with Crippen molar-refractivity contribution in [3.63, 3.8) is 0 Å². The van der Waals surface area contributed by atoms with Gasteiger partial charge in [0.1, 0.15) is 11.6 Å². The number of hydrogen-bond acceptors (Lipinski definition) is 3. The average molecular weight is 299 g/mol. The highest BCUT2D eigenvalue weighted by Crippen LogP contribution is 2.26. The van der Waals surface area contributed by atoms with Gasteiger partial charge >= 0.3 is 6.36 Å². The molecule has 1 aromatic heterocycles. The number of imidazole rings is 1. The minimum Gasteiger partial charge on any atom is -0.406 e. The van der Waals surface area contributed by atoms with Crippen LogP contribution in [0.3, 0.4) is 0 Å². The molecule has 0 saturated carbocycles. The molecule has 1 atom stereocenters. The quantitative estimate of drug-likeness (QED) is 0.922. The van der Waals surface area contributed by atoms with Gasteiger partial charge in [0.2, 0.25) is 0 Å². The van der Waals surface area contributed by atoms with Crippen molar-refractivity contribution in [3.05, 3.63) is 48.0 Å². The number of benzene rings is 1. The van der Waals surface area contributed by atoms with Crippen LogP contribution in [0.4, 0.5) is 13.2 Å². The van der Waals surface area contributed by atoms with Gasteiger partial charge in [-0.15, -0.1) is 13.2 Å². The second-order valence-electron chi connectivity index (χ2n) is 4.41. The Hall–Kier alpha value is -2.02. The zero-order valence-corrected chi connectivity index (χ0v) is 11.7. The Morgan fingerprint density at radius 2 is 1.95 bits per heavy atom. The summed E-state index contributed by atoms with van der Waals surface area (Å²) in [6.45, 7) is 2.76. The second kappa shape index (κ2) is 6.17. The highest BCUT2D eigenvalue weighted by molar-refractivity contribution is 5.32. The molecule has 0 bridgehead atoms. The van der Waals surface area contributed by atoms with Crippen LogP contribution in [-0.2, 0) is 6.54 Å². The van der Waals surface area contributed by atoms with E-state index in [2.05, 4.69) is 15.0 Å². The van der Waals surface area contributed by atoms with Crippen LogP contribution in [0.25, 0.3) is 0 Å². The van der Waals surface area contributed by atoms with Gasteiger partial charge in [0.25, 0.3) is 0 Å². The molecule has 1 N–H and O–H groups in total. The number of nitrogens with zero attached hydrogens (tertiary/aromatic N) is 2. The number of aryl methyl sites for hydroxylation is 1. The Balaban J connectivity index is 2.23. The normalized spacial score (nSPS) is 13.2. The molecule has 0 aliphatic heterocycles. The van der Waals surface area contributed by atoms with Crippen molar-refractivity contribution in [3.8, 4) is 5.75 Å². The molecule has 0 amide bonds. The summed E-state index contributed by atoms with van der Waals surface area (Å²) in [5, 5.41) is 3.12. The van der Waals surface area contributed by atoms with Crippen molar-refractivity contribution in [2.75, 3.05) is 7.05 Å². The van der Waals surface area contributed by atoms with E-state index in [1.807, 2.05) is 17.7 Å². The first-order chi connectivity index (χ1) is 9.94. The van der Waals surface area contributed by atoms with Crippen LogP contribution in [0.2, 0.25) is 0 Å². The lowest BCUT2D eigenvalue weighted by Crippen LogP contribution is -2.22. The molecule has 2 rings (SSSR count). The highest BCUT2D eigenvalue weighted by Gasteiger charge is 2.31. The Morgan fingerprint density at radius 1 is 1.29 bits per heavy atom. The van der Waals surface area contributed by atoms with Crippen LogP contribution in [0.5, 0.6) is 5.75 Å². The fourth-order valence-corrected chi connectivity index (χ4v) is 2.16. The third kappa shape index (κ3) is 3.75. The summed E-state index contributed by atoms with van der Waals surface area (Å²) in [5.74, 6) is 0.574. The Kier molecular flexibility index (Phi) is 4.52. The molecular weight excluding hydrogens is 283 g/mol. The van der Waals surface area contributed by atoms with E-state index in [4.69, 9.17) is 0 Å². The predicted octanol–water partition coefficient (Wildman–Crippen LogP) is 3.11. The molecular formula is C14H16F3N3O. The Labute approximate surface area is 120 Å². The van der Waals surface area contributed by atoms with Crippen LogP contribution in [0.1, 0.15) is 24.4 Å². The fourth-order valence-electron chi connectivity index (χ4n) is 2.16. The summed E-state index contributed by atoms with van der Waals surface area (Å²) in [6.07, 6.45) is -1.12. The summed E-state index contributed by atoms with van der Waals surface area (Å²) < 4.78 is 42.3. The van der Waals surface area contributed by atoms with E-state index < -0.39 is 6.36 Å². The first kappa shape index (κ1) is 15.4. The van der Waals surface area contributed by atoms with Crippen LogP contribution in [0, 0.1) is 0 Å². The van der Waals surface area contributed by atoms with Crippen molar-refractivity contribution in [1.29, 1.82) is 0 Å². The van der Waals surface area contributed by atoms with E-state index in [1.54, 1.807) is 25.4 Å². The van der Waals surface area contributed by atoms with Gasteiger partial charge in [-0.05, 0) is 31.7 Å². The lowest BCUT2D eigenvalue weighted by Gasteiger charge is -2.18. The van der Waals surface area contributed by atoms with E-state index in [0.717, 1.165) is 17.9 Å². The molecule has 1 heterocycles. The van der Waals surface area contributed by atoms with Crippen LogP contribution in [0.15, 0.2) is 36.7 Å². The standard InChI is InChI=1S/C14H16F3N3O/c1-3-20-9-8-19-13(20)12(18-2)10-4-6-11(7-5-10)21-14(15,16)17/h4-9,12,18H,3H2,1-2H3. The van der Waals surface area contributed by atoms with Crippen molar-refractivity contribution >= 4 is 0 Å². The summed E-state index contributed by atoms with van der Waals surface area (Å²) >= 11 is 0. The number of nitrogens with one attached hydrogen (secondary N) is 1. The fraction of sp³-hybridized carbons (Fsp3) is 0.357. The van der Waals surface area contributed by atoms with Gasteiger partial charge in [0, 0.05) is 18.9 Å². The van der Waals surface area contributed by atoms with Crippen LogP contribution < -0.4 is 10.1 Å². The third-order valence-corrected chi connectivity index (χ3v) is 3.08. The predicted molar refractivity (Wildman–Crippen MR) is 71.9 cm³/mol. The molecule has 7 heteroatoms. The summed E-state index contributed by atoms with van der Waals surface area (Å²) in [5.41, 5.74) is 0.813. The van der Waals surface area contributed by atoms with Crippen molar-refractivity contribution < 1.29 is 17.9 Å². The number of alkyl halides is 3. The molecule has 0 spiro atoms. The third-order valence-electron chi connectivity index (χ3n) is 3.08. The largest absolute Gasteiger partial charge is 0.573 e. The Morgan fingerprint density at radius 3 is 2.48 bits per heavy atom. The molecule has 1 aromatic carbocycles. The van der Waals surface area contributed by atoms with Gasteiger partial charge in [-0.2, -0.15) is 0 Å². The summed E-state index contributed by atoms with van der Waals surface area (Å²) in [4.78, 5) is 4.31. The van der Waals surface area contributed by atoms with Crippen LogP contribution in [-0.4, -0.2) is 23.0 Å². The Bertz CT molecular complexity index is 578. The molecule has 0 fully saturated rings. The topological polar surface area (TPSA) is 39.1 Å². The van der Waals surface area contributed by atoms with Gasteiger partial charge in [0.15, 0.2) is 0 Å². The molecule has 0 radical (unpaired) electrons. The zero-order valence-electron chi connectivity index (χ0n) is 11.7. The van der Waals surface area contributed by atoms with E-state index in [-0.39, 0.29) is 11.8 Å². The first-order valence-electron chi connectivity index (χ1n) is 6.48. The molecule has 1 unspecified atom stereocenters. The molecule has 21 heavy (non-hydrogen) atoms. The maximum Gasteiger partial charge on any atom is 0.573 e. The number of ether oxygens (including phenoxy) is 1. The van der Waals surface area contributed by atoms with Crippen molar-refractivity contribution in [2.45, 2.75) is 25.9 Å².